The first-order chi connectivity index (χ1) is 14.5. The number of hydrogen-bond acceptors (Lipinski definition) is 5. The maximum Gasteiger partial charge on any atom is 0.285 e. The van der Waals surface area contributed by atoms with Crippen LogP contribution in [0.2, 0.25) is 0 Å². The summed E-state index contributed by atoms with van der Waals surface area (Å²) in [5, 5.41) is 3.07. The average Bonchev–Trinajstić information content (AvgIpc) is 3.53. The topological polar surface area (TPSA) is 82.1 Å². The van der Waals surface area contributed by atoms with Crippen LogP contribution in [0.1, 0.15) is 28.8 Å². The molecule has 1 saturated carbocycles. The molecule has 2 aliphatic heterocycles. The lowest BCUT2D eigenvalue weighted by atomic mass is 10.1. The van der Waals surface area contributed by atoms with Gasteiger partial charge in [0.25, 0.3) is 15.9 Å². The van der Waals surface area contributed by atoms with Gasteiger partial charge in [0, 0.05) is 49.5 Å². The lowest BCUT2D eigenvalue weighted by Gasteiger charge is -2.34. The molecule has 2 heterocycles. The van der Waals surface area contributed by atoms with Gasteiger partial charge in [0.15, 0.2) is 5.84 Å². The third-order valence-corrected chi connectivity index (χ3v) is 7.23. The molecule has 8 heteroatoms. The summed E-state index contributed by atoms with van der Waals surface area (Å²) < 4.78 is 28.2. The predicted molar refractivity (Wildman–Crippen MR) is 115 cm³/mol. The number of nitrogens with zero attached hydrogens (tertiary/aromatic N) is 3. The summed E-state index contributed by atoms with van der Waals surface area (Å²) in [6.07, 6.45) is 2.70. The number of nitrogens with one attached hydrogen (secondary N) is 1. The van der Waals surface area contributed by atoms with E-state index in [0.29, 0.717) is 22.6 Å². The van der Waals surface area contributed by atoms with Gasteiger partial charge in [0.05, 0.1) is 0 Å². The van der Waals surface area contributed by atoms with Crippen molar-refractivity contribution in [2.45, 2.75) is 17.7 Å². The fourth-order valence-electron chi connectivity index (χ4n) is 4.01. The normalized spacial score (nSPS) is 20.5. The van der Waals surface area contributed by atoms with E-state index >= 15 is 0 Å². The van der Waals surface area contributed by atoms with Gasteiger partial charge in [-0.2, -0.15) is 8.42 Å². The van der Waals surface area contributed by atoms with Crippen LogP contribution in [0.3, 0.4) is 0 Å². The Labute approximate surface area is 176 Å². The molecule has 1 saturated heterocycles. The zero-order valence-electron chi connectivity index (χ0n) is 16.6. The van der Waals surface area contributed by atoms with E-state index in [1.54, 1.807) is 48.5 Å². The fraction of sp³-hybridized carbons (Fsp3) is 0.364. The standard InChI is InChI=1S/C22H24N4O3S/c27-22(26-13-11-25(12-14-26)15-16-5-6-16)17-7-9-18(10-8-17)23-21-19-3-1-2-4-20(19)30(28,29)24-21/h1-4,7-10,16H,5-6,11-15H2,(H,23,24). The molecule has 7 nitrogen and oxygen atoms in total. The minimum Gasteiger partial charge on any atom is -0.339 e. The predicted octanol–water partition coefficient (Wildman–Crippen LogP) is 2.42. The van der Waals surface area contributed by atoms with Crippen LogP contribution in [0.5, 0.6) is 0 Å². The molecule has 30 heavy (non-hydrogen) atoms. The van der Waals surface area contributed by atoms with Gasteiger partial charge < -0.3 is 10.2 Å². The number of sulfonamides is 1. The number of carbonyl (C=O) groups excluding carboxylic acids is 1. The molecule has 1 amide bonds. The summed E-state index contributed by atoms with van der Waals surface area (Å²) in [5.41, 5.74) is 1.88. The van der Waals surface area contributed by atoms with E-state index in [9.17, 15) is 13.2 Å². The quantitative estimate of drug-likeness (QED) is 0.815. The Bertz CT molecular complexity index is 1100. The Morgan fingerprint density at radius 2 is 1.70 bits per heavy atom. The number of fused-ring (bicyclic) bond motifs is 1. The van der Waals surface area contributed by atoms with Crippen molar-refractivity contribution in [2.24, 2.45) is 10.3 Å². The number of piperazine rings is 1. The third-order valence-electron chi connectivity index (χ3n) is 5.90. The van der Waals surface area contributed by atoms with Crippen molar-refractivity contribution in [2.75, 3.05) is 38.0 Å². The highest BCUT2D eigenvalue weighted by Crippen LogP contribution is 2.30. The van der Waals surface area contributed by atoms with Crippen LogP contribution in [-0.4, -0.2) is 62.7 Å². The van der Waals surface area contributed by atoms with E-state index in [2.05, 4.69) is 14.6 Å². The van der Waals surface area contributed by atoms with Crippen molar-refractivity contribution >= 4 is 27.5 Å². The van der Waals surface area contributed by atoms with Gasteiger partial charge in [-0.05, 0) is 55.2 Å². The van der Waals surface area contributed by atoms with E-state index in [0.717, 1.165) is 32.1 Å². The number of amides is 1. The van der Waals surface area contributed by atoms with Crippen LogP contribution in [0.25, 0.3) is 0 Å². The van der Waals surface area contributed by atoms with E-state index in [1.807, 2.05) is 4.90 Å². The molecular weight excluding hydrogens is 400 g/mol. The molecule has 1 aliphatic carbocycles. The molecule has 2 aromatic carbocycles. The van der Waals surface area contributed by atoms with Crippen LogP contribution in [0.4, 0.5) is 5.69 Å². The molecule has 2 fully saturated rings. The minimum absolute atomic E-state index is 0.0405. The molecular formula is C22H24N4O3S. The molecule has 2 aromatic rings. The van der Waals surface area contributed by atoms with Gasteiger partial charge >= 0.3 is 0 Å². The molecule has 1 N–H and O–H groups in total. The second kappa shape index (κ2) is 7.52. The summed E-state index contributed by atoms with van der Waals surface area (Å²) in [6.45, 7) is 4.57. The van der Waals surface area contributed by atoms with Gasteiger partial charge in [0.1, 0.15) is 4.90 Å². The first kappa shape index (κ1) is 19.3. The summed E-state index contributed by atoms with van der Waals surface area (Å²) >= 11 is 0. The number of rotatable bonds is 4. The van der Waals surface area contributed by atoms with Crippen LogP contribution in [0, 0.1) is 5.92 Å². The highest BCUT2D eigenvalue weighted by Gasteiger charge is 2.29. The monoisotopic (exact) mass is 424 g/mol. The lowest BCUT2D eigenvalue weighted by molar-refractivity contribution is 0.0632. The van der Waals surface area contributed by atoms with E-state index < -0.39 is 10.0 Å². The van der Waals surface area contributed by atoms with E-state index in [1.165, 1.54) is 19.4 Å². The molecule has 0 spiro atoms. The van der Waals surface area contributed by atoms with Crippen LogP contribution >= 0.6 is 0 Å². The van der Waals surface area contributed by atoms with Crippen LogP contribution < -0.4 is 5.32 Å². The van der Waals surface area contributed by atoms with Crippen LogP contribution in [-0.2, 0) is 10.0 Å². The molecule has 0 radical (unpaired) electrons. The summed E-state index contributed by atoms with van der Waals surface area (Å²) in [5.74, 6) is 1.22. The Hall–Kier alpha value is -2.71. The van der Waals surface area contributed by atoms with Gasteiger partial charge in [-0.1, -0.05) is 12.1 Å². The highest BCUT2D eigenvalue weighted by atomic mass is 32.2. The molecule has 3 aliphatic rings. The zero-order valence-corrected chi connectivity index (χ0v) is 17.4. The smallest absolute Gasteiger partial charge is 0.285 e. The number of benzene rings is 2. The SMILES string of the molecule is O=C(c1ccc(NC2=NS(=O)(=O)c3ccccc32)cc1)N1CCN(CC2CC2)CC1. The van der Waals surface area contributed by atoms with E-state index in [4.69, 9.17) is 0 Å². The van der Waals surface area contributed by atoms with Crippen molar-refractivity contribution in [1.29, 1.82) is 0 Å². The average molecular weight is 425 g/mol. The molecule has 156 valence electrons. The number of anilines is 1. The molecule has 0 atom stereocenters. The van der Waals surface area contributed by atoms with Crippen LogP contribution in [0.15, 0.2) is 57.8 Å². The highest BCUT2D eigenvalue weighted by molar-refractivity contribution is 7.90. The largest absolute Gasteiger partial charge is 0.339 e. The van der Waals surface area contributed by atoms with Gasteiger partial charge in [-0.15, -0.1) is 4.40 Å². The second-order valence-electron chi connectivity index (χ2n) is 8.15. The Balaban J connectivity index is 1.23. The number of hydrogen-bond donors (Lipinski definition) is 1. The Morgan fingerprint density at radius 3 is 2.40 bits per heavy atom. The summed E-state index contributed by atoms with van der Waals surface area (Å²) in [6, 6.07) is 13.9. The minimum atomic E-state index is -3.66. The maximum absolute atomic E-state index is 12.8. The van der Waals surface area contributed by atoms with Crippen molar-refractivity contribution in [3.63, 3.8) is 0 Å². The lowest BCUT2D eigenvalue weighted by Crippen LogP contribution is -2.49. The fourth-order valence-corrected chi connectivity index (χ4v) is 5.19. The second-order valence-corrected chi connectivity index (χ2v) is 9.72. The molecule has 0 aromatic heterocycles. The number of amidine groups is 1. The Kier molecular flexibility index (Phi) is 4.83. The molecule has 5 rings (SSSR count). The maximum atomic E-state index is 12.8. The summed E-state index contributed by atoms with van der Waals surface area (Å²) in [7, 11) is -3.66. The van der Waals surface area contributed by atoms with Crippen molar-refractivity contribution in [3.8, 4) is 0 Å². The first-order valence-corrected chi connectivity index (χ1v) is 11.8. The third kappa shape index (κ3) is 3.85. The van der Waals surface area contributed by atoms with Gasteiger partial charge in [0.2, 0.25) is 0 Å². The zero-order chi connectivity index (χ0) is 20.7. The van der Waals surface area contributed by atoms with Crippen molar-refractivity contribution in [3.05, 3.63) is 59.7 Å². The summed E-state index contributed by atoms with van der Waals surface area (Å²) in [4.78, 5) is 17.4. The van der Waals surface area contributed by atoms with Crippen molar-refractivity contribution < 1.29 is 13.2 Å². The number of carbonyl (C=O) groups is 1. The molecule has 0 bridgehead atoms. The van der Waals surface area contributed by atoms with E-state index in [-0.39, 0.29) is 10.8 Å². The molecule has 0 unspecified atom stereocenters. The first-order valence-electron chi connectivity index (χ1n) is 10.3. The Morgan fingerprint density at radius 1 is 1.00 bits per heavy atom. The van der Waals surface area contributed by atoms with Gasteiger partial charge in [-0.25, -0.2) is 0 Å². The van der Waals surface area contributed by atoms with Crippen molar-refractivity contribution in [1.82, 2.24) is 9.80 Å². The van der Waals surface area contributed by atoms with Gasteiger partial charge in [-0.3, -0.25) is 9.69 Å².